The molecule has 0 aliphatic carbocycles. The monoisotopic (exact) mass is 453 g/mol. The van der Waals surface area contributed by atoms with Crippen LogP contribution in [0.15, 0.2) is 72.8 Å². The van der Waals surface area contributed by atoms with E-state index in [1.807, 2.05) is 24.3 Å². The van der Waals surface area contributed by atoms with Gasteiger partial charge in [-0.2, -0.15) is 0 Å². The number of carboxylic acids is 1. The minimum Gasteiger partial charge on any atom is -0.489 e. The number of aryl methyl sites for hydroxylation is 1. The van der Waals surface area contributed by atoms with E-state index >= 15 is 0 Å². The number of nitrogens with zero attached hydrogens (tertiary/aromatic N) is 1. The first kappa shape index (κ1) is 23.4. The van der Waals surface area contributed by atoms with E-state index in [-0.39, 0.29) is 12.3 Å². The lowest BCUT2D eigenvalue weighted by atomic mass is 9.96. The molecule has 34 heavy (non-hydrogen) atoms. The molecule has 0 fully saturated rings. The van der Waals surface area contributed by atoms with Crippen LogP contribution in [0, 0.1) is 11.8 Å². The Labute approximate surface area is 202 Å². The van der Waals surface area contributed by atoms with Crippen LogP contribution in [0.3, 0.4) is 0 Å². The second-order valence-corrected chi connectivity index (χ2v) is 8.69. The Morgan fingerprint density at radius 3 is 2.50 bits per heavy atom. The van der Waals surface area contributed by atoms with Crippen LogP contribution in [-0.2, 0) is 24.2 Å². The number of carboxylic acid groups (broad SMARTS) is 1. The summed E-state index contributed by atoms with van der Waals surface area (Å²) < 4.78 is 5.94. The topological polar surface area (TPSA) is 49.8 Å². The maximum absolute atomic E-state index is 11.1. The highest BCUT2D eigenvalue weighted by Gasteiger charge is 2.16. The van der Waals surface area contributed by atoms with Crippen molar-refractivity contribution >= 4 is 11.7 Å². The predicted octanol–water partition coefficient (Wildman–Crippen LogP) is 5.84. The van der Waals surface area contributed by atoms with Crippen molar-refractivity contribution in [3.05, 3.63) is 95.1 Å². The van der Waals surface area contributed by atoms with Crippen molar-refractivity contribution in [1.29, 1.82) is 0 Å². The van der Waals surface area contributed by atoms with Crippen LogP contribution in [0.25, 0.3) is 0 Å². The Morgan fingerprint density at radius 1 is 1.03 bits per heavy atom. The largest absolute Gasteiger partial charge is 0.489 e. The van der Waals surface area contributed by atoms with Crippen molar-refractivity contribution < 1.29 is 14.6 Å². The maximum atomic E-state index is 11.1. The van der Waals surface area contributed by atoms with Crippen LogP contribution in [0.4, 0.5) is 5.69 Å². The second kappa shape index (κ2) is 11.4. The molecule has 1 aliphatic rings. The molecule has 4 heteroatoms. The summed E-state index contributed by atoms with van der Waals surface area (Å²) in [5.74, 6) is 5.40. The first-order chi connectivity index (χ1) is 16.6. The zero-order valence-electron chi connectivity index (χ0n) is 19.7. The van der Waals surface area contributed by atoms with Gasteiger partial charge in [0.1, 0.15) is 12.4 Å². The average Bonchev–Trinajstić information content (AvgIpc) is 2.86. The number of fused-ring (bicyclic) bond motifs is 1. The van der Waals surface area contributed by atoms with Crippen molar-refractivity contribution in [2.75, 3.05) is 18.0 Å². The highest BCUT2D eigenvalue weighted by Crippen LogP contribution is 2.27. The fourth-order valence-corrected chi connectivity index (χ4v) is 4.47. The molecule has 0 amide bonds. The van der Waals surface area contributed by atoms with Gasteiger partial charge >= 0.3 is 5.97 Å². The molecule has 3 aromatic rings. The Hall–Kier alpha value is -3.71. The Bertz CT molecular complexity index is 1160. The van der Waals surface area contributed by atoms with Crippen LogP contribution < -0.4 is 9.64 Å². The van der Waals surface area contributed by atoms with Gasteiger partial charge in [-0.1, -0.05) is 60.5 Å². The third kappa shape index (κ3) is 6.20. The summed E-state index contributed by atoms with van der Waals surface area (Å²) in [6.07, 6.45) is 3.42. The molecule has 4 rings (SSSR count). The Balaban J connectivity index is 1.29. The number of para-hydroxylation sites is 1. The number of aliphatic carboxylic acids is 1. The lowest BCUT2D eigenvalue weighted by Crippen LogP contribution is -2.31. The SMILES string of the molecule is CC#C[C@@H](CC(=O)O)c1ccc(OCc2ccc(CCN3CCCc4ccccc43)cc2)cc1. The summed E-state index contributed by atoms with van der Waals surface area (Å²) in [5.41, 5.74) is 6.20. The summed E-state index contributed by atoms with van der Waals surface area (Å²) in [5, 5.41) is 9.10. The zero-order chi connectivity index (χ0) is 23.8. The molecule has 174 valence electrons. The molecular formula is C30H31NO3. The molecule has 0 spiro atoms. The molecule has 1 N–H and O–H groups in total. The molecule has 3 aromatic carbocycles. The highest BCUT2D eigenvalue weighted by atomic mass is 16.5. The highest BCUT2D eigenvalue weighted by molar-refractivity contribution is 5.69. The number of hydrogen-bond donors (Lipinski definition) is 1. The number of hydrogen-bond acceptors (Lipinski definition) is 3. The number of rotatable bonds is 9. The van der Waals surface area contributed by atoms with Crippen LogP contribution in [-0.4, -0.2) is 24.2 Å². The van der Waals surface area contributed by atoms with Crippen LogP contribution >= 0.6 is 0 Å². The van der Waals surface area contributed by atoms with Crippen LogP contribution in [0.5, 0.6) is 5.75 Å². The summed E-state index contributed by atoms with van der Waals surface area (Å²) in [6.45, 7) is 4.38. The minimum atomic E-state index is -0.850. The molecule has 0 saturated carbocycles. The van der Waals surface area contributed by atoms with Gasteiger partial charge in [-0.25, -0.2) is 0 Å². The quantitative estimate of drug-likeness (QED) is 0.414. The number of carbonyl (C=O) groups is 1. The predicted molar refractivity (Wildman–Crippen MR) is 136 cm³/mol. The van der Waals surface area contributed by atoms with Gasteiger partial charge in [0.25, 0.3) is 0 Å². The summed E-state index contributed by atoms with van der Waals surface area (Å²) in [7, 11) is 0. The van der Waals surface area contributed by atoms with E-state index in [4.69, 9.17) is 9.84 Å². The molecule has 4 nitrogen and oxygen atoms in total. The number of anilines is 1. The molecule has 0 aromatic heterocycles. The summed E-state index contributed by atoms with van der Waals surface area (Å²) >= 11 is 0. The van der Waals surface area contributed by atoms with Crippen molar-refractivity contribution in [2.45, 2.75) is 45.1 Å². The Morgan fingerprint density at radius 2 is 1.76 bits per heavy atom. The first-order valence-corrected chi connectivity index (χ1v) is 11.9. The molecule has 0 saturated heterocycles. The number of ether oxygens (including phenoxy) is 1. The van der Waals surface area contributed by atoms with E-state index in [1.54, 1.807) is 6.92 Å². The van der Waals surface area contributed by atoms with E-state index in [1.165, 1.54) is 29.7 Å². The molecule has 1 aliphatic heterocycles. The van der Waals surface area contributed by atoms with E-state index < -0.39 is 5.97 Å². The van der Waals surface area contributed by atoms with Crippen molar-refractivity contribution in [1.82, 2.24) is 0 Å². The third-order valence-corrected chi connectivity index (χ3v) is 6.29. The molecule has 0 bridgehead atoms. The van der Waals surface area contributed by atoms with Gasteiger partial charge in [-0.15, -0.1) is 5.92 Å². The van der Waals surface area contributed by atoms with Crippen LogP contribution in [0.1, 0.15) is 47.9 Å². The second-order valence-electron chi connectivity index (χ2n) is 8.69. The minimum absolute atomic E-state index is 0.00232. The van der Waals surface area contributed by atoms with Gasteiger partial charge in [0.2, 0.25) is 0 Å². The van der Waals surface area contributed by atoms with Gasteiger partial charge in [0.15, 0.2) is 0 Å². The smallest absolute Gasteiger partial charge is 0.304 e. The third-order valence-electron chi connectivity index (χ3n) is 6.29. The van der Waals surface area contributed by atoms with Crippen molar-refractivity contribution in [3.8, 4) is 17.6 Å². The van der Waals surface area contributed by atoms with Gasteiger partial charge < -0.3 is 14.7 Å². The van der Waals surface area contributed by atoms with Crippen LogP contribution in [0.2, 0.25) is 0 Å². The van der Waals surface area contributed by atoms with E-state index in [9.17, 15) is 4.79 Å². The molecule has 0 unspecified atom stereocenters. The summed E-state index contributed by atoms with van der Waals surface area (Å²) in [6, 6.07) is 25.0. The van der Waals surface area contributed by atoms with Crippen molar-refractivity contribution in [2.24, 2.45) is 0 Å². The van der Waals surface area contributed by atoms with Gasteiger partial charge in [0, 0.05) is 18.8 Å². The fraction of sp³-hybridized carbons (Fsp3) is 0.300. The average molecular weight is 454 g/mol. The number of benzene rings is 3. The van der Waals surface area contributed by atoms with Gasteiger partial charge in [-0.3, -0.25) is 4.79 Å². The maximum Gasteiger partial charge on any atom is 0.304 e. The summed E-state index contributed by atoms with van der Waals surface area (Å²) in [4.78, 5) is 13.6. The standard InChI is InChI=1S/C30H31NO3/c1-2-6-27(21-30(32)33)25-14-16-28(17-15-25)34-22-24-12-10-23(11-13-24)18-20-31-19-5-8-26-7-3-4-9-29(26)31/h3-4,7,9-17,27H,5,8,18-22H2,1H3,(H,32,33)/t27-/m0/s1. The van der Waals surface area contributed by atoms with Crippen molar-refractivity contribution in [3.63, 3.8) is 0 Å². The van der Waals surface area contributed by atoms with E-state index in [0.29, 0.717) is 6.61 Å². The zero-order valence-corrected chi connectivity index (χ0v) is 19.7. The van der Waals surface area contributed by atoms with Gasteiger partial charge in [0.05, 0.1) is 12.3 Å². The lowest BCUT2D eigenvalue weighted by molar-refractivity contribution is -0.137. The molecule has 1 heterocycles. The lowest BCUT2D eigenvalue weighted by Gasteiger charge is -2.31. The van der Waals surface area contributed by atoms with E-state index in [0.717, 1.165) is 36.4 Å². The Kier molecular flexibility index (Phi) is 7.88. The molecule has 0 radical (unpaired) electrons. The fourth-order valence-electron chi connectivity index (χ4n) is 4.47. The molecular weight excluding hydrogens is 422 g/mol. The first-order valence-electron chi connectivity index (χ1n) is 11.9. The molecule has 1 atom stereocenters. The van der Waals surface area contributed by atoms with Gasteiger partial charge in [-0.05, 0) is 66.6 Å². The normalized spacial score (nSPS) is 13.4. The van der Waals surface area contributed by atoms with E-state index in [2.05, 4.69) is 65.3 Å².